The van der Waals surface area contributed by atoms with Gasteiger partial charge >= 0.3 is 0 Å². The number of amides is 1. The van der Waals surface area contributed by atoms with Gasteiger partial charge in [0.05, 0.1) is 12.8 Å². The molecule has 8 heteroatoms. The van der Waals surface area contributed by atoms with E-state index >= 15 is 0 Å². The van der Waals surface area contributed by atoms with E-state index in [1.165, 1.54) is 0 Å². The van der Waals surface area contributed by atoms with E-state index in [-0.39, 0.29) is 5.91 Å². The first-order chi connectivity index (χ1) is 12.7. The molecule has 0 aliphatic heterocycles. The highest BCUT2D eigenvalue weighted by atomic mass is 16.5. The molecule has 3 aromatic rings. The lowest BCUT2D eigenvalue weighted by Crippen LogP contribution is -2.34. The highest BCUT2D eigenvalue weighted by Gasteiger charge is 2.19. The summed E-state index contributed by atoms with van der Waals surface area (Å²) in [6, 6.07) is 14.4. The van der Waals surface area contributed by atoms with E-state index in [2.05, 4.69) is 31.3 Å². The minimum absolute atomic E-state index is 0.147. The maximum absolute atomic E-state index is 12.8. The van der Waals surface area contributed by atoms with Crippen molar-refractivity contribution in [3.05, 3.63) is 48.5 Å². The third-order valence-electron chi connectivity index (χ3n) is 3.91. The third kappa shape index (κ3) is 3.97. The Bertz CT molecular complexity index is 866. The molecule has 1 atom stereocenters. The molecule has 0 fully saturated rings. The van der Waals surface area contributed by atoms with Crippen molar-refractivity contribution in [3.8, 4) is 17.1 Å². The Balaban J connectivity index is 1.76. The van der Waals surface area contributed by atoms with Crippen LogP contribution in [0.1, 0.15) is 13.3 Å². The number of para-hydroxylation sites is 1. The van der Waals surface area contributed by atoms with E-state index in [1.54, 1.807) is 7.11 Å². The van der Waals surface area contributed by atoms with Crippen LogP contribution in [0.5, 0.6) is 5.75 Å². The zero-order chi connectivity index (χ0) is 18.4. The Morgan fingerprint density at radius 1 is 1.23 bits per heavy atom. The Morgan fingerprint density at radius 3 is 2.81 bits per heavy atom. The quantitative estimate of drug-likeness (QED) is 0.604. The van der Waals surface area contributed by atoms with Crippen LogP contribution < -0.4 is 15.4 Å². The number of hydrogen-bond donors (Lipinski definition) is 3. The second-order valence-corrected chi connectivity index (χ2v) is 5.61. The SMILES string of the molecule is CCC(Nc1cccc(OC)c1)C(=O)Nc1ccccc1-c1nn[nH]n1. The summed E-state index contributed by atoms with van der Waals surface area (Å²) in [5.74, 6) is 1.01. The van der Waals surface area contributed by atoms with Gasteiger partial charge in [0.25, 0.3) is 0 Å². The molecule has 0 aliphatic carbocycles. The summed E-state index contributed by atoms with van der Waals surface area (Å²) in [6.45, 7) is 1.95. The van der Waals surface area contributed by atoms with E-state index in [4.69, 9.17) is 4.74 Å². The van der Waals surface area contributed by atoms with Gasteiger partial charge in [-0.2, -0.15) is 5.21 Å². The molecule has 0 spiro atoms. The first-order valence-electron chi connectivity index (χ1n) is 8.25. The first kappa shape index (κ1) is 17.4. The molecular weight excluding hydrogens is 332 g/mol. The smallest absolute Gasteiger partial charge is 0.246 e. The lowest BCUT2D eigenvalue weighted by molar-refractivity contribution is -0.116. The molecule has 0 saturated heterocycles. The standard InChI is InChI=1S/C18H20N6O2/c1-3-15(19-12-7-6-8-13(11-12)26-2)18(25)20-16-10-5-4-9-14(16)17-21-23-24-22-17/h4-11,15,19H,3H2,1-2H3,(H,20,25)(H,21,22,23,24). The fourth-order valence-electron chi connectivity index (χ4n) is 2.55. The van der Waals surface area contributed by atoms with Crippen molar-refractivity contribution in [2.45, 2.75) is 19.4 Å². The topological polar surface area (TPSA) is 105 Å². The molecule has 0 aliphatic rings. The van der Waals surface area contributed by atoms with Gasteiger partial charge in [0.2, 0.25) is 11.7 Å². The molecule has 26 heavy (non-hydrogen) atoms. The van der Waals surface area contributed by atoms with Crippen LogP contribution in [0.25, 0.3) is 11.4 Å². The molecule has 1 unspecified atom stereocenters. The molecule has 3 N–H and O–H groups in total. The van der Waals surface area contributed by atoms with Crippen LogP contribution in [-0.2, 0) is 4.79 Å². The van der Waals surface area contributed by atoms with Gasteiger partial charge in [0, 0.05) is 17.3 Å². The van der Waals surface area contributed by atoms with Crippen molar-refractivity contribution >= 4 is 17.3 Å². The van der Waals surface area contributed by atoms with Gasteiger partial charge in [-0.1, -0.05) is 25.1 Å². The number of carbonyl (C=O) groups excluding carboxylic acids is 1. The van der Waals surface area contributed by atoms with E-state index in [1.807, 2.05) is 55.5 Å². The van der Waals surface area contributed by atoms with Gasteiger partial charge < -0.3 is 15.4 Å². The molecule has 1 aromatic heterocycles. The minimum atomic E-state index is -0.402. The molecule has 0 bridgehead atoms. The number of rotatable bonds is 7. The second kappa shape index (κ2) is 8.11. The van der Waals surface area contributed by atoms with Gasteiger partial charge in [0.1, 0.15) is 11.8 Å². The number of nitrogens with zero attached hydrogens (tertiary/aromatic N) is 3. The maximum atomic E-state index is 12.8. The van der Waals surface area contributed by atoms with E-state index in [9.17, 15) is 4.79 Å². The van der Waals surface area contributed by atoms with Gasteiger partial charge in [-0.25, -0.2) is 0 Å². The zero-order valence-corrected chi connectivity index (χ0v) is 14.6. The van der Waals surface area contributed by atoms with Crippen molar-refractivity contribution in [3.63, 3.8) is 0 Å². The van der Waals surface area contributed by atoms with Crippen LogP contribution in [0.2, 0.25) is 0 Å². The maximum Gasteiger partial charge on any atom is 0.246 e. The Kier molecular flexibility index (Phi) is 5.43. The van der Waals surface area contributed by atoms with Crippen molar-refractivity contribution in [1.29, 1.82) is 0 Å². The van der Waals surface area contributed by atoms with Crippen LogP contribution in [-0.4, -0.2) is 39.7 Å². The third-order valence-corrected chi connectivity index (χ3v) is 3.91. The lowest BCUT2D eigenvalue weighted by atomic mass is 10.1. The van der Waals surface area contributed by atoms with Gasteiger partial charge in [-0.15, -0.1) is 10.2 Å². The van der Waals surface area contributed by atoms with Crippen molar-refractivity contribution in [2.24, 2.45) is 0 Å². The van der Waals surface area contributed by atoms with Crippen molar-refractivity contribution in [2.75, 3.05) is 17.7 Å². The number of H-pyrrole nitrogens is 1. The average Bonchev–Trinajstić information content (AvgIpc) is 3.21. The predicted octanol–water partition coefficient (Wildman–Crippen LogP) is 2.70. The molecule has 8 nitrogen and oxygen atoms in total. The monoisotopic (exact) mass is 352 g/mol. The van der Waals surface area contributed by atoms with Crippen LogP contribution in [0.15, 0.2) is 48.5 Å². The lowest BCUT2D eigenvalue weighted by Gasteiger charge is -2.19. The molecule has 0 radical (unpaired) electrons. The fourth-order valence-corrected chi connectivity index (χ4v) is 2.55. The van der Waals surface area contributed by atoms with Gasteiger partial charge in [-0.05, 0) is 35.9 Å². The molecular formula is C18H20N6O2. The van der Waals surface area contributed by atoms with Crippen LogP contribution >= 0.6 is 0 Å². The largest absolute Gasteiger partial charge is 0.497 e. The molecule has 3 rings (SSSR count). The second-order valence-electron chi connectivity index (χ2n) is 5.61. The predicted molar refractivity (Wildman–Crippen MR) is 98.9 cm³/mol. The number of methoxy groups -OCH3 is 1. The molecule has 2 aromatic carbocycles. The normalized spacial score (nSPS) is 11.6. The number of aromatic amines is 1. The summed E-state index contributed by atoms with van der Waals surface area (Å²) in [5.41, 5.74) is 2.15. The van der Waals surface area contributed by atoms with E-state index in [0.717, 1.165) is 11.4 Å². The van der Waals surface area contributed by atoms with Crippen LogP contribution in [0.3, 0.4) is 0 Å². The van der Waals surface area contributed by atoms with Gasteiger partial charge in [-0.3, -0.25) is 4.79 Å². The number of tetrazole rings is 1. The molecule has 1 heterocycles. The molecule has 0 saturated carbocycles. The van der Waals surface area contributed by atoms with E-state index < -0.39 is 6.04 Å². The molecule has 1 amide bonds. The molecule has 134 valence electrons. The summed E-state index contributed by atoms with van der Waals surface area (Å²) in [6.07, 6.45) is 0.618. The fraction of sp³-hybridized carbons (Fsp3) is 0.222. The van der Waals surface area contributed by atoms with Crippen molar-refractivity contribution in [1.82, 2.24) is 20.6 Å². The minimum Gasteiger partial charge on any atom is -0.497 e. The number of ether oxygens (including phenoxy) is 1. The number of carbonyl (C=O) groups is 1. The number of aromatic nitrogens is 4. The van der Waals surface area contributed by atoms with Crippen LogP contribution in [0.4, 0.5) is 11.4 Å². The first-order valence-corrected chi connectivity index (χ1v) is 8.25. The van der Waals surface area contributed by atoms with Crippen LogP contribution in [0, 0.1) is 0 Å². The summed E-state index contributed by atoms with van der Waals surface area (Å²) in [5, 5.41) is 20.1. The number of benzene rings is 2. The number of hydrogen-bond acceptors (Lipinski definition) is 6. The highest BCUT2D eigenvalue weighted by molar-refractivity contribution is 5.99. The van der Waals surface area contributed by atoms with E-state index in [0.29, 0.717) is 23.5 Å². The number of nitrogens with one attached hydrogen (secondary N) is 3. The average molecular weight is 352 g/mol. The highest BCUT2D eigenvalue weighted by Crippen LogP contribution is 2.25. The summed E-state index contributed by atoms with van der Waals surface area (Å²) in [7, 11) is 1.61. The Hall–Kier alpha value is -3.42. The Morgan fingerprint density at radius 2 is 2.08 bits per heavy atom. The Labute approximate surface area is 151 Å². The van der Waals surface area contributed by atoms with Crippen molar-refractivity contribution < 1.29 is 9.53 Å². The summed E-state index contributed by atoms with van der Waals surface area (Å²) < 4.78 is 5.22. The number of anilines is 2. The summed E-state index contributed by atoms with van der Waals surface area (Å²) >= 11 is 0. The van der Waals surface area contributed by atoms with Gasteiger partial charge in [0.15, 0.2) is 0 Å². The summed E-state index contributed by atoms with van der Waals surface area (Å²) in [4.78, 5) is 12.8. The zero-order valence-electron chi connectivity index (χ0n) is 14.6.